The van der Waals surface area contributed by atoms with E-state index in [1.807, 2.05) is 38.1 Å². The van der Waals surface area contributed by atoms with Crippen LogP contribution in [0.4, 0.5) is 0 Å². The van der Waals surface area contributed by atoms with E-state index in [-0.39, 0.29) is 5.78 Å². The van der Waals surface area contributed by atoms with Crippen molar-refractivity contribution in [2.75, 3.05) is 13.2 Å². The Balaban J connectivity index is 2.34. The molecule has 0 saturated carbocycles. The first-order valence-electron chi connectivity index (χ1n) is 5.63. The Bertz CT molecular complexity index is 316. The van der Waals surface area contributed by atoms with Crippen LogP contribution in [0.15, 0.2) is 24.3 Å². The van der Waals surface area contributed by atoms with Crippen LogP contribution in [0.25, 0.3) is 0 Å². The van der Waals surface area contributed by atoms with E-state index in [0.29, 0.717) is 26.1 Å². The van der Waals surface area contributed by atoms with Gasteiger partial charge in [-0.2, -0.15) is 0 Å². The summed E-state index contributed by atoms with van der Waals surface area (Å²) in [6.45, 7) is 4.91. The van der Waals surface area contributed by atoms with Gasteiger partial charge in [0.25, 0.3) is 0 Å². The van der Waals surface area contributed by atoms with Gasteiger partial charge in [-0.05, 0) is 31.2 Å². The van der Waals surface area contributed by atoms with E-state index in [4.69, 9.17) is 9.47 Å². The summed E-state index contributed by atoms with van der Waals surface area (Å²) in [5.74, 6) is 1.83. The fraction of sp³-hybridized carbons (Fsp3) is 0.462. The Kier molecular flexibility index (Phi) is 5.40. The standard InChI is InChI=1S/C13H18O3/c1-3-11(14)9-10-16-13-7-5-12(6-8-13)15-4-2/h5-8H,3-4,9-10H2,1-2H3. The minimum Gasteiger partial charge on any atom is -0.494 e. The Hall–Kier alpha value is -1.51. The molecule has 0 aromatic heterocycles. The molecule has 0 saturated heterocycles. The zero-order valence-electron chi connectivity index (χ0n) is 9.86. The number of ether oxygens (including phenoxy) is 2. The summed E-state index contributed by atoms with van der Waals surface area (Å²) in [5.41, 5.74) is 0. The molecule has 0 bridgehead atoms. The van der Waals surface area contributed by atoms with Crippen molar-refractivity contribution in [3.8, 4) is 11.5 Å². The van der Waals surface area contributed by atoms with Gasteiger partial charge in [0.1, 0.15) is 17.3 Å². The second kappa shape index (κ2) is 6.88. The Morgan fingerprint density at radius 1 is 1.06 bits per heavy atom. The van der Waals surface area contributed by atoms with Gasteiger partial charge in [0.2, 0.25) is 0 Å². The highest BCUT2D eigenvalue weighted by Gasteiger charge is 1.99. The quantitative estimate of drug-likeness (QED) is 0.711. The van der Waals surface area contributed by atoms with Gasteiger partial charge in [-0.15, -0.1) is 0 Å². The van der Waals surface area contributed by atoms with Crippen LogP contribution in [0.1, 0.15) is 26.7 Å². The Labute approximate surface area is 96.4 Å². The zero-order chi connectivity index (χ0) is 11.8. The van der Waals surface area contributed by atoms with Crippen LogP contribution in [-0.4, -0.2) is 19.0 Å². The van der Waals surface area contributed by atoms with E-state index in [0.717, 1.165) is 11.5 Å². The number of Topliss-reactive ketones (excluding diaryl/α,β-unsaturated/α-hetero) is 1. The van der Waals surface area contributed by atoms with Crippen molar-refractivity contribution in [1.29, 1.82) is 0 Å². The van der Waals surface area contributed by atoms with Crippen LogP contribution >= 0.6 is 0 Å². The second-order valence-corrected chi connectivity index (χ2v) is 3.40. The van der Waals surface area contributed by atoms with Crippen molar-refractivity contribution in [3.63, 3.8) is 0 Å². The average Bonchev–Trinajstić information content (AvgIpc) is 2.31. The third-order valence-corrected chi connectivity index (χ3v) is 2.18. The maximum Gasteiger partial charge on any atom is 0.136 e. The molecule has 0 atom stereocenters. The fourth-order valence-corrected chi connectivity index (χ4v) is 1.26. The lowest BCUT2D eigenvalue weighted by Gasteiger charge is -2.06. The highest BCUT2D eigenvalue weighted by molar-refractivity contribution is 5.78. The molecule has 0 amide bonds. The maximum absolute atomic E-state index is 11.0. The number of rotatable bonds is 7. The summed E-state index contributed by atoms with van der Waals surface area (Å²) in [6.07, 6.45) is 1.05. The monoisotopic (exact) mass is 222 g/mol. The van der Waals surface area contributed by atoms with Gasteiger partial charge in [-0.1, -0.05) is 6.92 Å². The molecule has 0 aliphatic carbocycles. The number of carbonyl (C=O) groups is 1. The molecule has 1 aromatic rings. The van der Waals surface area contributed by atoms with Gasteiger partial charge in [0.05, 0.1) is 13.2 Å². The molecule has 0 radical (unpaired) electrons. The lowest BCUT2D eigenvalue weighted by Crippen LogP contribution is -2.04. The van der Waals surface area contributed by atoms with Crippen molar-refractivity contribution < 1.29 is 14.3 Å². The zero-order valence-corrected chi connectivity index (χ0v) is 9.86. The maximum atomic E-state index is 11.0. The molecule has 3 nitrogen and oxygen atoms in total. The van der Waals surface area contributed by atoms with Crippen molar-refractivity contribution in [2.45, 2.75) is 26.7 Å². The normalized spacial score (nSPS) is 9.88. The predicted octanol–water partition coefficient (Wildman–Crippen LogP) is 2.83. The van der Waals surface area contributed by atoms with E-state index < -0.39 is 0 Å². The van der Waals surface area contributed by atoms with Gasteiger partial charge in [0, 0.05) is 12.8 Å². The summed E-state index contributed by atoms with van der Waals surface area (Å²) < 4.78 is 10.7. The minimum atomic E-state index is 0.228. The first-order chi connectivity index (χ1) is 7.76. The molecule has 88 valence electrons. The first kappa shape index (κ1) is 12.6. The van der Waals surface area contributed by atoms with Crippen LogP contribution < -0.4 is 9.47 Å². The smallest absolute Gasteiger partial charge is 0.136 e. The number of hydrogen-bond acceptors (Lipinski definition) is 3. The molecule has 0 spiro atoms. The molecule has 1 aromatic carbocycles. The summed E-state index contributed by atoms with van der Waals surface area (Å²) in [5, 5.41) is 0. The molecule has 0 unspecified atom stereocenters. The van der Waals surface area contributed by atoms with E-state index >= 15 is 0 Å². The van der Waals surface area contributed by atoms with Crippen LogP contribution in [0.3, 0.4) is 0 Å². The van der Waals surface area contributed by atoms with Crippen molar-refractivity contribution >= 4 is 5.78 Å². The molecule has 0 N–H and O–H groups in total. The molecule has 3 heteroatoms. The Morgan fingerprint density at radius 3 is 2.12 bits per heavy atom. The highest BCUT2D eigenvalue weighted by Crippen LogP contribution is 2.17. The molecular weight excluding hydrogens is 204 g/mol. The van der Waals surface area contributed by atoms with Gasteiger partial charge in [-0.25, -0.2) is 0 Å². The fourth-order valence-electron chi connectivity index (χ4n) is 1.26. The van der Waals surface area contributed by atoms with E-state index in [2.05, 4.69) is 0 Å². The molecule has 1 rings (SSSR count). The van der Waals surface area contributed by atoms with Gasteiger partial charge in [0.15, 0.2) is 0 Å². The third-order valence-electron chi connectivity index (χ3n) is 2.18. The van der Waals surface area contributed by atoms with Crippen molar-refractivity contribution in [2.24, 2.45) is 0 Å². The lowest BCUT2D eigenvalue weighted by atomic mass is 10.2. The van der Waals surface area contributed by atoms with Crippen LogP contribution in [-0.2, 0) is 4.79 Å². The third kappa shape index (κ3) is 4.34. The summed E-state index contributed by atoms with van der Waals surface area (Å²) in [4.78, 5) is 11.0. The number of carbonyl (C=O) groups excluding carboxylic acids is 1. The van der Waals surface area contributed by atoms with Gasteiger partial charge in [-0.3, -0.25) is 4.79 Å². The SMILES string of the molecule is CCOc1ccc(OCCC(=O)CC)cc1. The van der Waals surface area contributed by atoms with Gasteiger partial charge >= 0.3 is 0 Å². The summed E-state index contributed by atoms with van der Waals surface area (Å²) in [6, 6.07) is 7.42. The van der Waals surface area contributed by atoms with E-state index in [9.17, 15) is 4.79 Å². The number of benzene rings is 1. The lowest BCUT2D eigenvalue weighted by molar-refractivity contribution is -0.119. The van der Waals surface area contributed by atoms with Crippen LogP contribution in [0, 0.1) is 0 Å². The van der Waals surface area contributed by atoms with Crippen molar-refractivity contribution in [3.05, 3.63) is 24.3 Å². The van der Waals surface area contributed by atoms with Crippen molar-refractivity contribution in [1.82, 2.24) is 0 Å². The van der Waals surface area contributed by atoms with E-state index in [1.54, 1.807) is 0 Å². The first-order valence-corrected chi connectivity index (χ1v) is 5.63. The predicted molar refractivity (Wildman–Crippen MR) is 63.0 cm³/mol. The van der Waals surface area contributed by atoms with E-state index in [1.165, 1.54) is 0 Å². The molecule has 0 aliphatic heterocycles. The number of ketones is 1. The molecule has 16 heavy (non-hydrogen) atoms. The highest BCUT2D eigenvalue weighted by atomic mass is 16.5. The minimum absolute atomic E-state index is 0.228. The van der Waals surface area contributed by atoms with Crippen LogP contribution in [0.5, 0.6) is 11.5 Å². The largest absolute Gasteiger partial charge is 0.494 e. The molecule has 0 heterocycles. The molecule has 0 aliphatic rings. The molecule has 0 fully saturated rings. The summed E-state index contributed by atoms with van der Waals surface area (Å²) in [7, 11) is 0. The topological polar surface area (TPSA) is 35.5 Å². The van der Waals surface area contributed by atoms with Crippen LogP contribution in [0.2, 0.25) is 0 Å². The Morgan fingerprint density at radius 2 is 1.62 bits per heavy atom. The van der Waals surface area contributed by atoms with Gasteiger partial charge < -0.3 is 9.47 Å². The average molecular weight is 222 g/mol. The number of hydrogen-bond donors (Lipinski definition) is 0. The second-order valence-electron chi connectivity index (χ2n) is 3.40. The summed E-state index contributed by atoms with van der Waals surface area (Å²) >= 11 is 0. The molecular formula is C13H18O3.